The van der Waals surface area contributed by atoms with Crippen LogP contribution >= 0.6 is 11.3 Å². The Morgan fingerprint density at radius 3 is 2.83 bits per heavy atom. The summed E-state index contributed by atoms with van der Waals surface area (Å²) in [4.78, 5) is 13.5. The third-order valence-corrected chi connectivity index (χ3v) is 8.04. The van der Waals surface area contributed by atoms with Gasteiger partial charge in [0.15, 0.2) is 0 Å². The van der Waals surface area contributed by atoms with E-state index < -0.39 is 10.0 Å². The molecule has 1 aromatic rings. The third kappa shape index (κ3) is 3.99. The minimum Gasteiger partial charge on any atom is -0.352 e. The summed E-state index contributed by atoms with van der Waals surface area (Å²) in [5.74, 6) is -0.262. The van der Waals surface area contributed by atoms with E-state index in [-0.39, 0.29) is 24.4 Å². The van der Waals surface area contributed by atoms with Gasteiger partial charge in [-0.05, 0) is 51.3 Å². The van der Waals surface area contributed by atoms with E-state index in [0.29, 0.717) is 10.8 Å². The number of amides is 1. The highest BCUT2D eigenvalue weighted by atomic mass is 32.2. The van der Waals surface area contributed by atoms with E-state index in [4.69, 9.17) is 0 Å². The van der Waals surface area contributed by atoms with Gasteiger partial charge in [0.25, 0.3) is 10.0 Å². The van der Waals surface area contributed by atoms with Gasteiger partial charge in [-0.3, -0.25) is 4.79 Å². The van der Waals surface area contributed by atoms with E-state index in [1.807, 2.05) is 13.0 Å². The lowest BCUT2D eigenvalue weighted by molar-refractivity contribution is -0.126. The maximum absolute atomic E-state index is 12.8. The van der Waals surface area contributed by atoms with E-state index in [2.05, 4.69) is 10.6 Å². The molecule has 2 atom stereocenters. The van der Waals surface area contributed by atoms with Crippen LogP contribution in [0.2, 0.25) is 0 Å². The lowest BCUT2D eigenvalue weighted by Crippen LogP contribution is -2.51. The smallest absolute Gasteiger partial charge is 0.252 e. The molecular formula is C16H25N3O3S2. The lowest BCUT2D eigenvalue weighted by Gasteiger charge is -2.32. The lowest BCUT2D eigenvalue weighted by atomic mass is 9.97. The van der Waals surface area contributed by atoms with Crippen LogP contribution in [0.25, 0.3) is 0 Å². The Hall–Kier alpha value is -0.960. The van der Waals surface area contributed by atoms with Gasteiger partial charge in [-0.2, -0.15) is 4.31 Å². The summed E-state index contributed by atoms with van der Waals surface area (Å²) in [7, 11) is -3.48. The van der Waals surface area contributed by atoms with Crippen LogP contribution in [0, 0.1) is 12.8 Å². The Morgan fingerprint density at radius 1 is 1.33 bits per heavy atom. The molecule has 0 spiro atoms. The first-order valence-electron chi connectivity index (χ1n) is 8.54. The van der Waals surface area contributed by atoms with Crippen molar-refractivity contribution in [3.63, 3.8) is 0 Å². The normalized spacial score (nSPS) is 26.2. The molecule has 0 aliphatic carbocycles. The fourth-order valence-corrected chi connectivity index (χ4v) is 6.31. The fraction of sp³-hybridized carbons (Fsp3) is 0.688. The molecule has 3 rings (SSSR count). The van der Waals surface area contributed by atoms with Crippen LogP contribution in [0.4, 0.5) is 0 Å². The summed E-state index contributed by atoms with van der Waals surface area (Å²) in [5.41, 5.74) is 0. The van der Waals surface area contributed by atoms with Crippen molar-refractivity contribution in [1.29, 1.82) is 0 Å². The van der Waals surface area contributed by atoms with E-state index in [1.165, 1.54) is 15.6 Å². The van der Waals surface area contributed by atoms with E-state index in [1.54, 1.807) is 6.07 Å². The summed E-state index contributed by atoms with van der Waals surface area (Å²) < 4.78 is 27.4. The van der Waals surface area contributed by atoms with Gasteiger partial charge in [0, 0.05) is 30.6 Å². The Labute approximate surface area is 147 Å². The molecule has 6 nitrogen and oxygen atoms in total. The summed E-state index contributed by atoms with van der Waals surface area (Å²) >= 11 is 1.29. The van der Waals surface area contributed by atoms with Gasteiger partial charge in [-0.1, -0.05) is 0 Å². The molecule has 2 aliphatic heterocycles. The second-order valence-electron chi connectivity index (χ2n) is 6.62. The minimum absolute atomic E-state index is 0.00837. The zero-order chi connectivity index (χ0) is 17.2. The van der Waals surface area contributed by atoms with Crippen LogP contribution in [-0.4, -0.2) is 50.9 Å². The summed E-state index contributed by atoms with van der Waals surface area (Å²) in [6.45, 7) is 4.48. The Kier molecular flexibility index (Phi) is 5.59. The molecule has 134 valence electrons. The van der Waals surface area contributed by atoms with Crippen molar-refractivity contribution in [2.24, 2.45) is 5.92 Å². The molecule has 2 unspecified atom stereocenters. The molecule has 0 radical (unpaired) electrons. The molecule has 24 heavy (non-hydrogen) atoms. The summed E-state index contributed by atoms with van der Waals surface area (Å²) in [6.07, 6.45) is 3.53. The maximum atomic E-state index is 12.8. The summed E-state index contributed by atoms with van der Waals surface area (Å²) in [6, 6.07) is 3.65. The molecule has 1 aromatic heterocycles. The third-order valence-electron chi connectivity index (χ3n) is 4.71. The SMILES string of the molecule is Cc1ccc(S(=O)(=O)N2CCCC(C(=O)NC3CCCNC3)C2)s1. The standard InChI is InChI=1S/C16H25N3O3S2/c1-12-6-7-15(23-12)24(21,22)19-9-3-4-13(11-19)16(20)18-14-5-2-8-17-10-14/h6-7,13-14,17H,2-5,8-11H2,1H3,(H,18,20). The van der Waals surface area contributed by atoms with Crippen molar-refractivity contribution in [3.8, 4) is 0 Å². The second-order valence-corrected chi connectivity index (χ2v) is 10.1. The molecule has 0 bridgehead atoms. The van der Waals surface area contributed by atoms with Crippen LogP contribution in [0.3, 0.4) is 0 Å². The number of rotatable bonds is 4. The van der Waals surface area contributed by atoms with Crippen molar-refractivity contribution in [1.82, 2.24) is 14.9 Å². The van der Waals surface area contributed by atoms with Gasteiger partial charge in [0.1, 0.15) is 4.21 Å². The first-order chi connectivity index (χ1) is 11.5. The zero-order valence-electron chi connectivity index (χ0n) is 14.0. The number of aryl methyl sites for hydroxylation is 1. The second kappa shape index (κ2) is 7.51. The van der Waals surface area contributed by atoms with Crippen molar-refractivity contribution in [2.45, 2.75) is 42.9 Å². The Morgan fingerprint density at radius 2 is 2.17 bits per heavy atom. The monoisotopic (exact) mass is 371 g/mol. The Balaban J connectivity index is 1.64. The molecule has 2 saturated heterocycles. The number of hydrogen-bond donors (Lipinski definition) is 2. The largest absolute Gasteiger partial charge is 0.352 e. The van der Waals surface area contributed by atoms with Crippen LogP contribution in [0.1, 0.15) is 30.6 Å². The summed E-state index contributed by atoms with van der Waals surface area (Å²) in [5, 5.41) is 6.36. The number of nitrogens with one attached hydrogen (secondary N) is 2. The van der Waals surface area contributed by atoms with E-state index >= 15 is 0 Å². The van der Waals surface area contributed by atoms with Gasteiger partial charge < -0.3 is 10.6 Å². The van der Waals surface area contributed by atoms with Gasteiger partial charge in [0.2, 0.25) is 5.91 Å². The highest BCUT2D eigenvalue weighted by Crippen LogP contribution is 2.28. The number of carbonyl (C=O) groups is 1. The van der Waals surface area contributed by atoms with Crippen LogP contribution in [-0.2, 0) is 14.8 Å². The van der Waals surface area contributed by atoms with Crippen molar-refractivity contribution in [3.05, 3.63) is 17.0 Å². The molecule has 0 saturated carbocycles. The number of hydrogen-bond acceptors (Lipinski definition) is 5. The Bertz CT molecular complexity index is 680. The molecule has 2 N–H and O–H groups in total. The highest BCUT2D eigenvalue weighted by Gasteiger charge is 2.34. The predicted molar refractivity (Wildman–Crippen MR) is 94.6 cm³/mol. The predicted octanol–water partition coefficient (Wildman–Crippen LogP) is 1.33. The highest BCUT2D eigenvalue weighted by molar-refractivity contribution is 7.91. The molecule has 0 aromatic carbocycles. The zero-order valence-corrected chi connectivity index (χ0v) is 15.6. The number of carbonyl (C=O) groups excluding carboxylic acids is 1. The number of piperidine rings is 2. The maximum Gasteiger partial charge on any atom is 0.252 e. The topological polar surface area (TPSA) is 78.5 Å². The molecule has 8 heteroatoms. The number of thiophene rings is 1. The van der Waals surface area contributed by atoms with Gasteiger partial charge in [-0.25, -0.2) is 8.42 Å². The van der Waals surface area contributed by atoms with Gasteiger partial charge in [-0.15, -0.1) is 11.3 Å². The fourth-order valence-electron chi connectivity index (χ4n) is 3.35. The minimum atomic E-state index is -3.48. The van der Waals surface area contributed by atoms with Crippen LogP contribution in [0.15, 0.2) is 16.3 Å². The molecule has 2 fully saturated rings. The molecule has 2 aliphatic rings. The van der Waals surface area contributed by atoms with E-state index in [0.717, 1.165) is 43.6 Å². The van der Waals surface area contributed by atoms with Crippen LogP contribution < -0.4 is 10.6 Å². The van der Waals surface area contributed by atoms with Gasteiger partial charge in [0.05, 0.1) is 5.92 Å². The average Bonchev–Trinajstić information content (AvgIpc) is 3.03. The van der Waals surface area contributed by atoms with Crippen LogP contribution in [0.5, 0.6) is 0 Å². The molecule has 3 heterocycles. The first kappa shape index (κ1) is 17.8. The average molecular weight is 372 g/mol. The van der Waals surface area contributed by atoms with Gasteiger partial charge >= 0.3 is 0 Å². The number of nitrogens with zero attached hydrogens (tertiary/aromatic N) is 1. The number of sulfonamides is 1. The van der Waals surface area contributed by atoms with Crippen molar-refractivity contribution in [2.75, 3.05) is 26.2 Å². The molecular weight excluding hydrogens is 346 g/mol. The quantitative estimate of drug-likeness (QED) is 0.837. The molecule has 1 amide bonds. The van der Waals surface area contributed by atoms with Crippen molar-refractivity contribution >= 4 is 27.3 Å². The first-order valence-corrected chi connectivity index (χ1v) is 10.8. The van der Waals surface area contributed by atoms with Crippen molar-refractivity contribution < 1.29 is 13.2 Å². The van der Waals surface area contributed by atoms with E-state index in [9.17, 15) is 13.2 Å².